The minimum Gasteiger partial charge on any atom is -0.459 e. The fourth-order valence-electron chi connectivity index (χ4n) is 4.65. The van der Waals surface area contributed by atoms with Crippen molar-refractivity contribution in [3.63, 3.8) is 0 Å². The van der Waals surface area contributed by atoms with Crippen LogP contribution in [0.4, 0.5) is 0 Å². The molecule has 4 heteroatoms. The summed E-state index contributed by atoms with van der Waals surface area (Å²) in [5.74, 6) is -0.288. The summed E-state index contributed by atoms with van der Waals surface area (Å²) < 4.78 is 11.6. The Hall–Kier alpha value is -1.08. The third-order valence-electron chi connectivity index (χ3n) is 5.32. The van der Waals surface area contributed by atoms with Gasteiger partial charge >= 0.3 is 5.97 Å². The lowest BCUT2D eigenvalue weighted by atomic mass is 9.55. The van der Waals surface area contributed by atoms with Gasteiger partial charge in [0.2, 0.25) is 0 Å². The zero-order chi connectivity index (χ0) is 13.2. The van der Waals surface area contributed by atoms with Crippen molar-refractivity contribution in [1.29, 1.82) is 5.26 Å². The van der Waals surface area contributed by atoms with Gasteiger partial charge in [-0.1, -0.05) is 27.7 Å². The summed E-state index contributed by atoms with van der Waals surface area (Å²) in [6.07, 6.45) is -0.518. The van der Waals surface area contributed by atoms with Gasteiger partial charge in [-0.15, -0.1) is 0 Å². The number of nitrogens with zero attached hydrogens (tertiary/aromatic N) is 1. The molecule has 0 radical (unpaired) electrons. The normalized spacial score (nSPS) is 43.6. The monoisotopic (exact) mass is 249 g/mol. The first-order valence-corrected chi connectivity index (χ1v) is 6.71. The van der Waals surface area contributed by atoms with E-state index < -0.39 is 0 Å². The van der Waals surface area contributed by atoms with E-state index >= 15 is 0 Å². The summed E-state index contributed by atoms with van der Waals surface area (Å²) >= 11 is 0. The van der Waals surface area contributed by atoms with Crippen molar-refractivity contribution in [3.8, 4) is 6.07 Å². The van der Waals surface area contributed by atoms with E-state index in [4.69, 9.17) is 9.47 Å². The first kappa shape index (κ1) is 12.0. The average molecular weight is 249 g/mol. The standard InChI is InChI=1S/C14H19NO3/c1-6(2)14(7(3)4)11-8(5-15)9-10(17-11)12(14)18-13(9)16/h6-12H,1-4H3. The summed E-state index contributed by atoms with van der Waals surface area (Å²) in [6.45, 7) is 8.55. The van der Waals surface area contributed by atoms with E-state index in [9.17, 15) is 10.1 Å². The summed E-state index contributed by atoms with van der Waals surface area (Å²) in [7, 11) is 0. The molecule has 0 N–H and O–H groups in total. The third kappa shape index (κ3) is 1.03. The molecule has 0 spiro atoms. The van der Waals surface area contributed by atoms with E-state index in [2.05, 4.69) is 33.8 Å². The van der Waals surface area contributed by atoms with Gasteiger partial charge in [-0.2, -0.15) is 5.26 Å². The van der Waals surface area contributed by atoms with Gasteiger partial charge in [0.25, 0.3) is 0 Å². The van der Waals surface area contributed by atoms with Gasteiger partial charge in [0, 0.05) is 5.41 Å². The molecule has 4 nitrogen and oxygen atoms in total. The molecule has 98 valence electrons. The molecule has 3 rings (SSSR count). The third-order valence-corrected chi connectivity index (χ3v) is 5.32. The van der Waals surface area contributed by atoms with Crippen LogP contribution in [-0.4, -0.2) is 24.3 Å². The number of nitriles is 1. The van der Waals surface area contributed by atoms with Crippen molar-refractivity contribution in [2.24, 2.45) is 29.1 Å². The number of ether oxygens (including phenoxy) is 2. The molecule has 0 saturated carbocycles. The van der Waals surface area contributed by atoms with Crippen LogP contribution in [0, 0.1) is 40.4 Å². The van der Waals surface area contributed by atoms with E-state index in [1.165, 1.54) is 0 Å². The fourth-order valence-corrected chi connectivity index (χ4v) is 4.65. The summed E-state index contributed by atoms with van der Waals surface area (Å²) in [5.41, 5.74) is -0.215. The number of hydrogen-bond donors (Lipinski definition) is 0. The predicted molar refractivity (Wildman–Crippen MR) is 63.2 cm³/mol. The minimum absolute atomic E-state index is 0.158. The maximum Gasteiger partial charge on any atom is 0.313 e. The smallest absolute Gasteiger partial charge is 0.313 e. The molecule has 0 aromatic rings. The second-order valence-corrected chi connectivity index (χ2v) is 6.37. The van der Waals surface area contributed by atoms with Crippen molar-refractivity contribution in [1.82, 2.24) is 0 Å². The van der Waals surface area contributed by atoms with Crippen LogP contribution in [0.25, 0.3) is 0 Å². The van der Waals surface area contributed by atoms with Gasteiger partial charge in [-0.05, 0) is 11.8 Å². The first-order valence-electron chi connectivity index (χ1n) is 6.71. The molecule has 3 heterocycles. The molecule has 0 aromatic carbocycles. The Balaban J connectivity index is 2.14. The number of carbonyl (C=O) groups is 1. The molecular formula is C14H19NO3. The van der Waals surface area contributed by atoms with E-state index in [0.29, 0.717) is 11.8 Å². The zero-order valence-electron chi connectivity index (χ0n) is 11.2. The van der Waals surface area contributed by atoms with Gasteiger partial charge in [0.05, 0.1) is 18.1 Å². The highest BCUT2D eigenvalue weighted by atomic mass is 16.6. The molecule has 0 aromatic heterocycles. The Morgan fingerprint density at radius 1 is 1.22 bits per heavy atom. The number of carbonyl (C=O) groups excluding carboxylic acids is 1. The number of fused-ring (bicyclic) bond motifs is 1. The average Bonchev–Trinajstić information content (AvgIpc) is 2.86. The van der Waals surface area contributed by atoms with Gasteiger partial charge in [-0.25, -0.2) is 0 Å². The van der Waals surface area contributed by atoms with Crippen LogP contribution in [0.15, 0.2) is 0 Å². The quantitative estimate of drug-likeness (QED) is 0.699. The highest BCUT2D eigenvalue weighted by Crippen LogP contribution is 2.63. The van der Waals surface area contributed by atoms with Crippen molar-refractivity contribution >= 4 is 5.97 Å². The summed E-state index contributed by atoms with van der Waals surface area (Å²) in [6, 6.07) is 2.29. The zero-order valence-corrected chi connectivity index (χ0v) is 11.2. The highest BCUT2D eigenvalue weighted by molar-refractivity contribution is 5.78. The summed E-state index contributed by atoms with van der Waals surface area (Å²) in [5, 5.41) is 9.38. The predicted octanol–water partition coefficient (Wildman–Crippen LogP) is 1.75. The van der Waals surface area contributed by atoms with Crippen molar-refractivity contribution in [2.45, 2.75) is 46.0 Å². The van der Waals surface area contributed by atoms with Crippen molar-refractivity contribution in [2.75, 3.05) is 0 Å². The second kappa shape index (κ2) is 3.48. The maximum absolute atomic E-state index is 11.9. The van der Waals surface area contributed by atoms with E-state index in [1.54, 1.807) is 0 Å². The number of hydrogen-bond acceptors (Lipinski definition) is 4. The molecule has 0 amide bonds. The highest BCUT2D eigenvalue weighted by Gasteiger charge is 2.76. The molecule has 3 saturated heterocycles. The molecule has 2 bridgehead atoms. The fraction of sp³-hybridized carbons (Fsp3) is 0.857. The Labute approximate surface area is 107 Å². The van der Waals surface area contributed by atoms with Gasteiger partial charge in [0.1, 0.15) is 18.1 Å². The Morgan fingerprint density at radius 3 is 2.33 bits per heavy atom. The van der Waals surface area contributed by atoms with Gasteiger partial charge < -0.3 is 9.47 Å². The first-order chi connectivity index (χ1) is 8.46. The van der Waals surface area contributed by atoms with Crippen LogP contribution < -0.4 is 0 Å². The van der Waals surface area contributed by atoms with Crippen LogP contribution in [0.1, 0.15) is 27.7 Å². The lowest BCUT2D eigenvalue weighted by molar-refractivity contribution is -0.149. The Kier molecular flexibility index (Phi) is 2.31. The maximum atomic E-state index is 11.9. The van der Waals surface area contributed by atoms with Crippen LogP contribution in [0.3, 0.4) is 0 Å². The molecule has 3 aliphatic heterocycles. The van der Waals surface area contributed by atoms with Crippen molar-refractivity contribution in [3.05, 3.63) is 0 Å². The molecule has 5 unspecified atom stereocenters. The largest absolute Gasteiger partial charge is 0.459 e. The van der Waals surface area contributed by atoms with Gasteiger partial charge in [0.15, 0.2) is 0 Å². The Bertz CT molecular complexity index is 429. The molecular weight excluding hydrogens is 230 g/mol. The van der Waals surface area contributed by atoms with E-state index in [-0.39, 0.29) is 41.5 Å². The minimum atomic E-state index is -0.351. The van der Waals surface area contributed by atoms with Crippen LogP contribution >= 0.6 is 0 Å². The van der Waals surface area contributed by atoms with E-state index in [1.807, 2.05) is 0 Å². The lowest BCUT2D eigenvalue weighted by Crippen LogP contribution is -2.54. The van der Waals surface area contributed by atoms with Crippen LogP contribution in [-0.2, 0) is 14.3 Å². The van der Waals surface area contributed by atoms with Gasteiger partial charge in [-0.3, -0.25) is 4.79 Å². The van der Waals surface area contributed by atoms with E-state index in [0.717, 1.165) is 0 Å². The second-order valence-electron chi connectivity index (χ2n) is 6.37. The van der Waals surface area contributed by atoms with Crippen LogP contribution in [0.2, 0.25) is 0 Å². The Morgan fingerprint density at radius 2 is 1.83 bits per heavy atom. The molecule has 3 fully saturated rings. The lowest BCUT2D eigenvalue weighted by Gasteiger charge is -2.46. The molecule has 5 atom stereocenters. The molecule has 0 aliphatic carbocycles. The summed E-state index contributed by atoms with van der Waals surface area (Å²) in [4.78, 5) is 11.9. The SMILES string of the molecule is CC(C)C1(C(C)C)C2OC3C(C(=O)OC31)C2C#N. The topological polar surface area (TPSA) is 59.3 Å². The molecule has 18 heavy (non-hydrogen) atoms. The number of rotatable bonds is 2. The molecule has 3 aliphatic rings. The van der Waals surface area contributed by atoms with Crippen molar-refractivity contribution < 1.29 is 14.3 Å². The van der Waals surface area contributed by atoms with Crippen LogP contribution in [0.5, 0.6) is 0 Å². The number of esters is 1.